The van der Waals surface area contributed by atoms with Crippen LogP contribution in [0.2, 0.25) is 0 Å². The minimum Gasteiger partial charge on any atom is -0.490 e. The van der Waals surface area contributed by atoms with Gasteiger partial charge in [0.1, 0.15) is 5.75 Å². The highest BCUT2D eigenvalue weighted by atomic mass is 16.5. The Kier molecular flexibility index (Phi) is 6.02. The number of benzene rings is 1. The topological polar surface area (TPSA) is 68.0 Å². The standard InChI is InChI=1S/C22H34N2O3/c23-10-13-26-21-15-20(25)22(21)8-11-24(12-9-22)16-17-4-3-7-19(14-17)27-18-5-1-2-6-18/h3-4,7,14,18,20-21,25H,1-2,5-6,8-13,15-16,23H2/t20-,21+/m0/s1. The predicted molar refractivity (Wildman–Crippen MR) is 106 cm³/mol. The van der Waals surface area contributed by atoms with E-state index in [1.165, 1.54) is 31.2 Å². The third-order valence-electron chi connectivity index (χ3n) is 6.88. The molecule has 3 N–H and O–H groups in total. The molecule has 0 amide bonds. The minimum atomic E-state index is -0.217. The molecule has 2 atom stereocenters. The van der Waals surface area contributed by atoms with E-state index in [2.05, 4.69) is 29.2 Å². The Hall–Kier alpha value is -1.14. The van der Waals surface area contributed by atoms with Gasteiger partial charge in [-0.15, -0.1) is 0 Å². The lowest BCUT2D eigenvalue weighted by Gasteiger charge is -2.56. The van der Waals surface area contributed by atoms with Gasteiger partial charge in [0, 0.05) is 24.9 Å². The van der Waals surface area contributed by atoms with Gasteiger partial charge in [0.25, 0.3) is 0 Å². The molecule has 2 saturated carbocycles. The van der Waals surface area contributed by atoms with E-state index in [1.807, 2.05) is 0 Å². The van der Waals surface area contributed by atoms with Crippen LogP contribution in [0.4, 0.5) is 0 Å². The summed E-state index contributed by atoms with van der Waals surface area (Å²) in [4.78, 5) is 2.49. The third kappa shape index (κ3) is 4.16. The Morgan fingerprint density at radius 2 is 1.96 bits per heavy atom. The number of ether oxygens (including phenoxy) is 2. The van der Waals surface area contributed by atoms with E-state index in [0.717, 1.165) is 44.6 Å². The Bertz CT molecular complexity index is 609. The molecule has 5 nitrogen and oxygen atoms in total. The van der Waals surface area contributed by atoms with Gasteiger partial charge in [-0.2, -0.15) is 0 Å². The highest BCUT2D eigenvalue weighted by molar-refractivity contribution is 5.29. The number of hydrogen-bond acceptors (Lipinski definition) is 5. The summed E-state index contributed by atoms with van der Waals surface area (Å²) < 4.78 is 12.1. The summed E-state index contributed by atoms with van der Waals surface area (Å²) >= 11 is 0. The van der Waals surface area contributed by atoms with E-state index in [4.69, 9.17) is 15.2 Å². The van der Waals surface area contributed by atoms with E-state index < -0.39 is 0 Å². The van der Waals surface area contributed by atoms with Crippen LogP contribution in [0.15, 0.2) is 24.3 Å². The summed E-state index contributed by atoms with van der Waals surface area (Å²) in [6, 6.07) is 8.58. The number of likely N-dealkylation sites (tertiary alicyclic amines) is 1. The molecular formula is C22H34N2O3. The average Bonchev–Trinajstić information content (AvgIpc) is 3.19. The molecule has 0 unspecified atom stereocenters. The van der Waals surface area contributed by atoms with Crippen molar-refractivity contribution >= 4 is 0 Å². The van der Waals surface area contributed by atoms with Crippen molar-refractivity contribution in [1.82, 2.24) is 4.90 Å². The van der Waals surface area contributed by atoms with Gasteiger partial charge in [-0.3, -0.25) is 4.90 Å². The zero-order chi connectivity index (χ0) is 18.7. The highest BCUT2D eigenvalue weighted by Crippen LogP contribution is 2.51. The molecule has 2 aliphatic carbocycles. The van der Waals surface area contributed by atoms with Crippen LogP contribution < -0.4 is 10.5 Å². The first kappa shape index (κ1) is 19.2. The van der Waals surface area contributed by atoms with Crippen LogP contribution in [-0.4, -0.2) is 54.6 Å². The fourth-order valence-electron chi connectivity index (χ4n) is 5.13. The number of piperidine rings is 1. The van der Waals surface area contributed by atoms with Gasteiger partial charge in [-0.05, 0) is 69.3 Å². The van der Waals surface area contributed by atoms with Crippen molar-refractivity contribution in [2.45, 2.75) is 69.8 Å². The zero-order valence-electron chi connectivity index (χ0n) is 16.3. The second kappa shape index (κ2) is 8.48. The Labute approximate surface area is 162 Å². The van der Waals surface area contributed by atoms with E-state index in [1.54, 1.807) is 0 Å². The van der Waals surface area contributed by atoms with Crippen LogP contribution in [0.3, 0.4) is 0 Å². The molecule has 1 aromatic rings. The van der Waals surface area contributed by atoms with Gasteiger partial charge < -0.3 is 20.3 Å². The summed E-state index contributed by atoms with van der Waals surface area (Å²) in [5.41, 5.74) is 6.84. The lowest BCUT2D eigenvalue weighted by Crippen LogP contribution is -2.62. The molecule has 1 aromatic carbocycles. The number of nitrogens with two attached hydrogens (primary N) is 1. The van der Waals surface area contributed by atoms with Crippen molar-refractivity contribution in [2.75, 3.05) is 26.2 Å². The maximum atomic E-state index is 10.4. The number of rotatable bonds is 7. The lowest BCUT2D eigenvalue weighted by atomic mass is 9.58. The van der Waals surface area contributed by atoms with Crippen LogP contribution in [0.25, 0.3) is 0 Å². The normalized spacial score (nSPS) is 28.4. The molecule has 1 aliphatic heterocycles. The largest absolute Gasteiger partial charge is 0.490 e. The van der Waals surface area contributed by atoms with E-state index in [-0.39, 0.29) is 17.6 Å². The van der Waals surface area contributed by atoms with Crippen LogP contribution in [0.1, 0.15) is 50.5 Å². The van der Waals surface area contributed by atoms with Crippen molar-refractivity contribution in [3.8, 4) is 5.75 Å². The first-order chi connectivity index (χ1) is 13.2. The third-order valence-corrected chi connectivity index (χ3v) is 6.88. The van der Waals surface area contributed by atoms with Gasteiger partial charge in [0.05, 0.1) is 24.9 Å². The van der Waals surface area contributed by atoms with Crippen LogP contribution in [-0.2, 0) is 11.3 Å². The zero-order valence-corrected chi connectivity index (χ0v) is 16.3. The Balaban J connectivity index is 1.30. The quantitative estimate of drug-likeness (QED) is 0.768. The van der Waals surface area contributed by atoms with E-state index in [9.17, 15) is 5.11 Å². The van der Waals surface area contributed by atoms with Gasteiger partial charge >= 0.3 is 0 Å². The first-order valence-electron chi connectivity index (χ1n) is 10.7. The second-order valence-corrected chi connectivity index (χ2v) is 8.58. The Morgan fingerprint density at radius 1 is 1.19 bits per heavy atom. The summed E-state index contributed by atoms with van der Waals surface area (Å²) in [5, 5.41) is 10.4. The Morgan fingerprint density at radius 3 is 2.67 bits per heavy atom. The second-order valence-electron chi connectivity index (χ2n) is 8.58. The molecule has 150 valence electrons. The smallest absolute Gasteiger partial charge is 0.120 e. The maximum Gasteiger partial charge on any atom is 0.120 e. The first-order valence-corrected chi connectivity index (χ1v) is 10.7. The maximum absolute atomic E-state index is 10.4. The molecule has 3 fully saturated rings. The van der Waals surface area contributed by atoms with E-state index in [0.29, 0.717) is 19.3 Å². The van der Waals surface area contributed by atoms with Crippen molar-refractivity contribution < 1.29 is 14.6 Å². The van der Waals surface area contributed by atoms with Crippen molar-refractivity contribution in [1.29, 1.82) is 0 Å². The summed E-state index contributed by atoms with van der Waals surface area (Å²) in [7, 11) is 0. The van der Waals surface area contributed by atoms with Gasteiger partial charge in [-0.1, -0.05) is 12.1 Å². The van der Waals surface area contributed by atoms with E-state index >= 15 is 0 Å². The molecule has 1 saturated heterocycles. The molecule has 5 heteroatoms. The van der Waals surface area contributed by atoms with Crippen molar-refractivity contribution in [3.05, 3.63) is 29.8 Å². The highest BCUT2D eigenvalue weighted by Gasteiger charge is 2.55. The van der Waals surface area contributed by atoms with Gasteiger partial charge in [0.2, 0.25) is 0 Å². The summed E-state index contributed by atoms with van der Waals surface area (Å²) in [5.74, 6) is 1.01. The molecule has 0 bridgehead atoms. The average molecular weight is 375 g/mol. The monoisotopic (exact) mass is 374 g/mol. The SMILES string of the molecule is NCCO[C@@H]1C[C@H](O)C12CCN(Cc1cccc(OC3CCCC3)c1)CC2. The summed E-state index contributed by atoms with van der Waals surface area (Å²) in [6.45, 7) is 4.10. The van der Waals surface area contributed by atoms with Crippen LogP contribution in [0, 0.1) is 5.41 Å². The number of aliphatic hydroxyl groups is 1. The summed E-state index contributed by atoms with van der Waals surface area (Å²) in [6.07, 6.45) is 8.10. The molecule has 4 rings (SSSR count). The lowest BCUT2D eigenvalue weighted by molar-refractivity contribution is -0.210. The van der Waals surface area contributed by atoms with Crippen molar-refractivity contribution in [3.63, 3.8) is 0 Å². The molecule has 3 aliphatic rings. The molecule has 0 radical (unpaired) electrons. The molecule has 0 aromatic heterocycles. The van der Waals surface area contributed by atoms with Gasteiger partial charge in [0.15, 0.2) is 0 Å². The fraction of sp³-hybridized carbons (Fsp3) is 0.727. The van der Waals surface area contributed by atoms with Crippen LogP contribution in [0.5, 0.6) is 5.75 Å². The number of aliphatic hydroxyl groups excluding tert-OH is 1. The van der Waals surface area contributed by atoms with Gasteiger partial charge in [-0.25, -0.2) is 0 Å². The number of nitrogens with zero attached hydrogens (tertiary/aromatic N) is 1. The molecule has 1 heterocycles. The minimum absolute atomic E-state index is 0.0426. The van der Waals surface area contributed by atoms with Crippen LogP contribution >= 0.6 is 0 Å². The molecular weight excluding hydrogens is 340 g/mol. The molecule has 1 spiro atoms. The number of hydrogen-bond donors (Lipinski definition) is 2. The molecule has 27 heavy (non-hydrogen) atoms. The fourth-order valence-corrected chi connectivity index (χ4v) is 5.13. The predicted octanol–water partition coefficient (Wildman–Crippen LogP) is 2.70. The van der Waals surface area contributed by atoms with Crippen molar-refractivity contribution in [2.24, 2.45) is 11.1 Å².